The zero-order chi connectivity index (χ0) is 12.7. The predicted molar refractivity (Wildman–Crippen MR) is 64.6 cm³/mol. The van der Waals surface area contributed by atoms with Crippen LogP contribution < -0.4 is 5.32 Å². The molecule has 0 aliphatic rings. The van der Waals surface area contributed by atoms with Crippen molar-refractivity contribution in [2.24, 2.45) is 0 Å². The van der Waals surface area contributed by atoms with Crippen LogP contribution in [0, 0.1) is 5.82 Å². The lowest BCUT2D eigenvalue weighted by Crippen LogP contribution is -2.35. The second-order valence-electron chi connectivity index (χ2n) is 4.12. The Hall–Kier alpha value is -1.58. The van der Waals surface area contributed by atoms with E-state index in [1.165, 1.54) is 12.1 Å². The van der Waals surface area contributed by atoms with Crippen LogP contribution in [0.15, 0.2) is 24.3 Å². The molecular weight excluding hydrogens is 221 g/mol. The smallest absolute Gasteiger partial charge is 0.404 e. The Morgan fingerprint density at radius 1 is 1.53 bits per heavy atom. The molecule has 0 aliphatic carbocycles. The number of halogens is 1. The first kappa shape index (κ1) is 13.5. The maximum Gasteiger partial charge on any atom is 0.404 e. The Morgan fingerprint density at radius 2 is 2.29 bits per heavy atom. The number of hydrogen-bond acceptors (Lipinski definition) is 1. The van der Waals surface area contributed by atoms with E-state index >= 15 is 0 Å². The Labute approximate surface area is 101 Å². The topological polar surface area (TPSA) is 49.3 Å². The predicted octanol–water partition coefficient (Wildman–Crippen LogP) is 3.19. The molecule has 0 aromatic heterocycles. The van der Waals surface area contributed by atoms with Crippen molar-refractivity contribution in [2.45, 2.75) is 38.6 Å². The van der Waals surface area contributed by atoms with Gasteiger partial charge in [-0.2, -0.15) is 0 Å². The van der Waals surface area contributed by atoms with Crippen molar-refractivity contribution in [1.29, 1.82) is 0 Å². The average Bonchev–Trinajstić information content (AvgIpc) is 2.25. The molecule has 0 fully saturated rings. The van der Waals surface area contributed by atoms with Crippen LogP contribution in [0.4, 0.5) is 9.18 Å². The number of carboxylic acid groups (broad SMARTS) is 1. The summed E-state index contributed by atoms with van der Waals surface area (Å²) in [4.78, 5) is 10.6. The van der Waals surface area contributed by atoms with Crippen molar-refractivity contribution in [2.75, 3.05) is 0 Å². The standard InChI is InChI=1S/C13H18FNO2/c1-2-3-7-12(15-13(16)17)9-10-5-4-6-11(14)8-10/h4-6,8,12,15H,2-3,7,9H2,1H3,(H,16,17). The monoisotopic (exact) mass is 239 g/mol. The Morgan fingerprint density at radius 3 is 2.88 bits per heavy atom. The van der Waals surface area contributed by atoms with E-state index in [9.17, 15) is 9.18 Å². The van der Waals surface area contributed by atoms with Crippen molar-refractivity contribution in [3.63, 3.8) is 0 Å². The average molecular weight is 239 g/mol. The molecule has 1 amide bonds. The molecule has 3 nitrogen and oxygen atoms in total. The quantitative estimate of drug-likeness (QED) is 0.801. The fourth-order valence-electron chi connectivity index (χ4n) is 1.80. The molecule has 1 aromatic rings. The van der Waals surface area contributed by atoms with E-state index in [0.29, 0.717) is 6.42 Å². The molecule has 1 rings (SSSR count). The van der Waals surface area contributed by atoms with Gasteiger partial charge in [-0.1, -0.05) is 31.9 Å². The van der Waals surface area contributed by atoms with E-state index < -0.39 is 6.09 Å². The maximum atomic E-state index is 13.0. The highest BCUT2D eigenvalue weighted by Gasteiger charge is 2.11. The molecule has 0 aliphatic heterocycles. The van der Waals surface area contributed by atoms with Crippen LogP contribution in [0.1, 0.15) is 31.7 Å². The van der Waals surface area contributed by atoms with Gasteiger partial charge in [0.15, 0.2) is 0 Å². The van der Waals surface area contributed by atoms with Gasteiger partial charge in [0.25, 0.3) is 0 Å². The number of benzene rings is 1. The zero-order valence-electron chi connectivity index (χ0n) is 9.95. The van der Waals surface area contributed by atoms with Crippen LogP contribution in [0.5, 0.6) is 0 Å². The van der Waals surface area contributed by atoms with Crippen molar-refractivity contribution in [3.8, 4) is 0 Å². The Kier molecular flexibility index (Phi) is 5.46. The van der Waals surface area contributed by atoms with Crippen molar-refractivity contribution >= 4 is 6.09 Å². The molecule has 0 spiro atoms. The number of rotatable bonds is 6. The summed E-state index contributed by atoms with van der Waals surface area (Å²) in [6.07, 6.45) is 2.26. The highest BCUT2D eigenvalue weighted by molar-refractivity contribution is 5.64. The molecule has 4 heteroatoms. The molecule has 17 heavy (non-hydrogen) atoms. The van der Waals surface area contributed by atoms with E-state index in [-0.39, 0.29) is 11.9 Å². The van der Waals surface area contributed by atoms with Gasteiger partial charge in [0.05, 0.1) is 0 Å². The van der Waals surface area contributed by atoms with Gasteiger partial charge in [-0.15, -0.1) is 0 Å². The number of carbonyl (C=O) groups is 1. The van der Waals surface area contributed by atoms with Gasteiger partial charge in [0.2, 0.25) is 0 Å². The summed E-state index contributed by atoms with van der Waals surface area (Å²) >= 11 is 0. The minimum atomic E-state index is -1.03. The number of hydrogen-bond donors (Lipinski definition) is 2. The van der Waals surface area contributed by atoms with E-state index in [2.05, 4.69) is 12.2 Å². The van der Waals surface area contributed by atoms with Gasteiger partial charge in [-0.3, -0.25) is 0 Å². The second kappa shape index (κ2) is 6.89. The summed E-state index contributed by atoms with van der Waals surface area (Å²) in [5.41, 5.74) is 0.819. The fraction of sp³-hybridized carbons (Fsp3) is 0.462. The first-order valence-corrected chi connectivity index (χ1v) is 5.85. The van der Waals surface area contributed by atoms with E-state index in [4.69, 9.17) is 5.11 Å². The van der Waals surface area contributed by atoms with Crippen LogP contribution in [0.2, 0.25) is 0 Å². The molecule has 1 unspecified atom stereocenters. The molecule has 0 bridgehead atoms. The van der Waals surface area contributed by atoms with Gasteiger partial charge in [-0.25, -0.2) is 9.18 Å². The van der Waals surface area contributed by atoms with E-state index in [1.807, 2.05) is 6.07 Å². The highest BCUT2D eigenvalue weighted by atomic mass is 19.1. The zero-order valence-corrected chi connectivity index (χ0v) is 9.95. The first-order chi connectivity index (χ1) is 8.11. The summed E-state index contributed by atoms with van der Waals surface area (Å²) in [6, 6.07) is 6.14. The normalized spacial score (nSPS) is 12.1. The molecule has 0 saturated carbocycles. The van der Waals surface area contributed by atoms with Gasteiger partial charge < -0.3 is 10.4 Å². The molecule has 1 aromatic carbocycles. The molecule has 2 N–H and O–H groups in total. The molecule has 1 atom stereocenters. The number of nitrogens with one attached hydrogen (secondary N) is 1. The van der Waals surface area contributed by atoms with Crippen molar-refractivity contribution < 1.29 is 14.3 Å². The second-order valence-corrected chi connectivity index (χ2v) is 4.12. The van der Waals surface area contributed by atoms with E-state index in [1.54, 1.807) is 6.07 Å². The van der Waals surface area contributed by atoms with Crippen molar-refractivity contribution in [3.05, 3.63) is 35.6 Å². The van der Waals surface area contributed by atoms with E-state index in [0.717, 1.165) is 24.8 Å². The third-order valence-corrected chi connectivity index (χ3v) is 2.60. The molecular formula is C13H18FNO2. The summed E-state index contributed by atoms with van der Waals surface area (Å²) in [5.74, 6) is -0.285. The van der Waals surface area contributed by atoms with Crippen molar-refractivity contribution in [1.82, 2.24) is 5.32 Å². The SMILES string of the molecule is CCCCC(Cc1cccc(F)c1)NC(=O)O. The van der Waals surface area contributed by atoms with Gasteiger partial charge in [0, 0.05) is 6.04 Å². The lowest BCUT2D eigenvalue weighted by atomic mass is 10.0. The largest absolute Gasteiger partial charge is 0.465 e. The molecule has 0 radical (unpaired) electrons. The van der Waals surface area contributed by atoms with Crippen LogP contribution in [-0.4, -0.2) is 17.2 Å². The number of amides is 1. The Bertz CT molecular complexity index is 368. The third kappa shape index (κ3) is 5.33. The summed E-state index contributed by atoms with van der Waals surface area (Å²) in [7, 11) is 0. The number of unbranched alkanes of at least 4 members (excludes halogenated alkanes) is 1. The molecule has 94 valence electrons. The lowest BCUT2D eigenvalue weighted by Gasteiger charge is -2.16. The third-order valence-electron chi connectivity index (χ3n) is 2.60. The van der Waals surface area contributed by atoms with Gasteiger partial charge >= 0.3 is 6.09 Å². The summed E-state index contributed by atoms with van der Waals surface area (Å²) in [6.45, 7) is 2.06. The minimum Gasteiger partial charge on any atom is -0.465 e. The fourth-order valence-corrected chi connectivity index (χ4v) is 1.80. The van der Waals surface area contributed by atoms with Crippen LogP contribution in [0.3, 0.4) is 0 Å². The van der Waals surface area contributed by atoms with Crippen LogP contribution in [-0.2, 0) is 6.42 Å². The van der Waals surface area contributed by atoms with Gasteiger partial charge in [0.1, 0.15) is 5.82 Å². The summed E-state index contributed by atoms with van der Waals surface area (Å²) < 4.78 is 13.0. The highest BCUT2D eigenvalue weighted by Crippen LogP contribution is 2.10. The van der Waals surface area contributed by atoms with Gasteiger partial charge in [-0.05, 0) is 30.5 Å². The lowest BCUT2D eigenvalue weighted by molar-refractivity contribution is 0.188. The maximum absolute atomic E-state index is 13.0. The molecule has 0 heterocycles. The Balaban J connectivity index is 2.61. The first-order valence-electron chi connectivity index (χ1n) is 5.85. The minimum absolute atomic E-state index is 0.144. The van der Waals surface area contributed by atoms with Crippen LogP contribution >= 0.6 is 0 Å². The molecule has 0 saturated heterocycles. The van der Waals surface area contributed by atoms with Crippen LogP contribution in [0.25, 0.3) is 0 Å². The summed E-state index contributed by atoms with van der Waals surface area (Å²) in [5, 5.41) is 11.2.